The highest BCUT2D eigenvalue weighted by Gasteiger charge is 2.64. The third-order valence-corrected chi connectivity index (χ3v) is 8.37. The van der Waals surface area contributed by atoms with Gasteiger partial charge in [-0.2, -0.15) is 0 Å². The number of hydrogen-bond donors (Lipinski definition) is 1. The molecule has 5 atom stereocenters. The van der Waals surface area contributed by atoms with E-state index in [0.717, 1.165) is 24.7 Å². The maximum Gasteiger partial charge on any atom is 0.0862 e. The first-order valence-corrected chi connectivity index (χ1v) is 9.14. The van der Waals surface area contributed by atoms with Gasteiger partial charge in [-0.05, 0) is 85.5 Å². The summed E-state index contributed by atoms with van der Waals surface area (Å²) in [6.07, 6.45) is 12.7. The largest absolute Gasteiger partial charge is 0.385 e. The van der Waals surface area contributed by atoms with Gasteiger partial charge >= 0.3 is 0 Å². The minimum Gasteiger partial charge on any atom is -0.385 e. The summed E-state index contributed by atoms with van der Waals surface area (Å²) in [5.41, 5.74) is 2.17. The summed E-state index contributed by atoms with van der Waals surface area (Å²) in [5.74, 6) is 1.69. The Bertz CT molecular complexity index is 504. The average Bonchev–Trinajstić information content (AvgIpc) is 2.54. The number of fused-ring (bicyclic) bond motifs is 3. The van der Waals surface area contributed by atoms with Gasteiger partial charge in [0.05, 0.1) is 5.60 Å². The molecule has 0 unspecified atom stereocenters. The quantitative estimate of drug-likeness (QED) is 0.616. The van der Waals surface area contributed by atoms with E-state index in [1.807, 2.05) is 0 Å². The molecule has 0 aliphatic heterocycles. The summed E-state index contributed by atoms with van der Waals surface area (Å²) in [7, 11) is 0. The summed E-state index contributed by atoms with van der Waals surface area (Å²) < 4.78 is 0. The third-order valence-electron chi connectivity index (χ3n) is 8.37. The van der Waals surface area contributed by atoms with Crippen molar-refractivity contribution in [1.82, 2.24) is 0 Å². The predicted octanol–water partition coefficient (Wildman–Crippen LogP) is 5.09. The van der Waals surface area contributed by atoms with Gasteiger partial charge in [0, 0.05) is 0 Å². The van der Waals surface area contributed by atoms with Crippen molar-refractivity contribution in [3.8, 4) is 0 Å². The van der Waals surface area contributed by atoms with Gasteiger partial charge in [-0.25, -0.2) is 0 Å². The molecule has 4 aliphatic rings. The molecule has 0 saturated heterocycles. The Kier molecular flexibility index (Phi) is 2.70. The monoisotopic (exact) mass is 288 g/mol. The lowest BCUT2D eigenvalue weighted by Gasteiger charge is -2.64. The first-order valence-electron chi connectivity index (χ1n) is 9.14. The summed E-state index contributed by atoms with van der Waals surface area (Å²) in [4.78, 5) is 0. The molecule has 21 heavy (non-hydrogen) atoms. The lowest BCUT2D eigenvalue weighted by atomic mass is 9.41. The Hall–Kier alpha value is -0.300. The lowest BCUT2D eigenvalue weighted by molar-refractivity contribution is -0.152. The zero-order valence-electron chi connectivity index (χ0n) is 14.3. The molecular weight excluding hydrogens is 256 g/mol. The van der Waals surface area contributed by atoms with Crippen LogP contribution in [0.4, 0.5) is 0 Å². The Morgan fingerprint density at radius 2 is 1.71 bits per heavy atom. The van der Waals surface area contributed by atoms with Crippen molar-refractivity contribution in [2.24, 2.45) is 28.1 Å². The van der Waals surface area contributed by atoms with Crippen LogP contribution in [-0.2, 0) is 0 Å². The summed E-state index contributed by atoms with van der Waals surface area (Å²) >= 11 is 0. The molecule has 4 aliphatic carbocycles. The van der Waals surface area contributed by atoms with Crippen LogP contribution in [0.2, 0.25) is 0 Å². The van der Waals surface area contributed by atoms with E-state index in [-0.39, 0.29) is 0 Å². The minimum atomic E-state index is -0.454. The second kappa shape index (κ2) is 3.96. The van der Waals surface area contributed by atoms with Gasteiger partial charge in [0.15, 0.2) is 0 Å². The second-order valence-corrected chi connectivity index (χ2v) is 9.80. The van der Waals surface area contributed by atoms with E-state index in [2.05, 4.69) is 33.8 Å². The second-order valence-electron chi connectivity index (χ2n) is 9.80. The standard InChI is InChI=1S/C20H32O/c1-14-12-19-10-6-15-17(2,3)8-5-9-18(15,4)16(19)7-11-20(14,21)13-19/h12,15-16,21H,5-11,13H2,1-4H3/t15-,16+,18-,19-,20+/m1/s1. The molecule has 0 radical (unpaired) electrons. The predicted molar refractivity (Wildman–Crippen MR) is 86.9 cm³/mol. The maximum absolute atomic E-state index is 10.9. The fourth-order valence-corrected chi connectivity index (χ4v) is 7.52. The van der Waals surface area contributed by atoms with Crippen LogP contribution in [0.1, 0.15) is 79.1 Å². The molecule has 0 aromatic carbocycles. The first-order chi connectivity index (χ1) is 9.72. The van der Waals surface area contributed by atoms with E-state index in [1.54, 1.807) is 0 Å². The van der Waals surface area contributed by atoms with E-state index in [0.29, 0.717) is 16.2 Å². The molecule has 1 N–H and O–H groups in total. The summed E-state index contributed by atoms with van der Waals surface area (Å²) in [6.45, 7) is 9.82. The highest BCUT2D eigenvalue weighted by molar-refractivity contribution is 5.33. The SMILES string of the molecule is CC1=C[C@@]23CC[C@@H]4C(C)(C)CCC[C@@]4(C)[C@@H]2CC[C@]1(O)C3. The van der Waals surface area contributed by atoms with Crippen molar-refractivity contribution in [2.75, 3.05) is 0 Å². The molecule has 1 spiro atoms. The third kappa shape index (κ3) is 1.68. The summed E-state index contributed by atoms with van der Waals surface area (Å²) in [5, 5.41) is 10.9. The lowest BCUT2D eigenvalue weighted by Crippen LogP contribution is -2.57. The zero-order chi connectivity index (χ0) is 15.1. The van der Waals surface area contributed by atoms with E-state index in [4.69, 9.17) is 0 Å². The highest BCUT2D eigenvalue weighted by Crippen LogP contribution is 2.71. The molecule has 3 saturated carbocycles. The Morgan fingerprint density at radius 1 is 1.00 bits per heavy atom. The van der Waals surface area contributed by atoms with Gasteiger partial charge in [-0.15, -0.1) is 0 Å². The van der Waals surface area contributed by atoms with Crippen LogP contribution in [-0.4, -0.2) is 10.7 Å². The molecule has 1 nitrogen and oxygen atoms in total. The normalized spacial score (nSPS) is 54.6. The molecule has 0 aromatic heterocycles. The van der Waals surface area contributed by atoms with Crippen LogP contribution >= 0.6 is 0 Å². The molecular formula is C20H32O. The number of hydrogen-bond acceptors (Lipinski definition) is 1. The van der Waals surface area contributed by atoms with Crippen LogP contribution in [0, 0.1) is 28.1 Å². The highest BCUT2D eigenvalue weighted by atomic mass is 16.3. The van der Waals surface area contributed by atoms with Crippen LogP contribution in [0.15, 0.2) is 11.6 Å². The van der Waals surface area contributed by atoms with Gasteiger partial charge in [0.2, 0.25) is 0 Å². The maximum atomic E-state index is 10.9. The Morgan fingerprint density at radius 3 is 2.48 bits per heavy atom. The molecule has 118 valence electrons. The topological polar surface area (TPSA) is 20.2 Å². The van der Waals surface area contributed by atoms with Gasteiger partial charge in [-0.1, -0.05) is 33.3 Å². The van der Waals surface area contributed by atoms with E-state index >= 15 is 0 Å². The molecule has 0 amide bonds. The van der Waals surface area contributed by atoms with E-state index < -0.39 is 5.60 Å². The van der Waals surface area contributed by atoms with Gasteiger partial charge in [0.1, 0.15) is 0 Å². The molecule has 3 fully saturated rings. The van der Waals surface area contributed by atoms with Gasteiger partial charge in [0.25, 0.3) is 0 Å². The van der Waals surface area contributed by atoms with E-state index in [9.17, 15) is 5.11 Å². The van der Waals surface area contributed by atoms with Gasteiger partial charge < -0.3 is 5.11 Å². The molecule has 0 heterocycles. The van der Waals surface area contributed by atoms with Crippen molar-refractivity contribution in [2.45, 2.75) is 84.7 Å². The van der Waals surface area contributed by atoms with Crippen LogP contribution in [0.25, 0.3) is 0 Å². The molecule has 1 heteroatoms. The van der Waals surface area contributed by atoms with E-state index in [1.165, 1.54) is 44.1 Å². The van der Waals surface area contributed by atoms with Crippen molar-refractivity contribution >= 4 is 0 Å². The smallest absolute Gasteiger partial charge is 0.0862 e. The number of rotatable bonds is 0. The molecule has 0 aromatic rings. The summed E-state index contributed by atoms with van der Waals surface area (Å²) in [6, 6.07) is 0. The van der Waals surface area contributed by atoms with Crippen molar-refractivity contribution in [1.29, 1.82) is 0 Å². The fourth-order valence-electron chi connectivity index (χ4n) is 7.52. The minimum absolute atomic E-state index is 0.329. The van der Waals surface area contributed by atoms with Crippen LogP contribution < -0.4 is 0 Å². The zero-order valence-corrected chi connectivity index (χ0v) is 14.3. The Balaban J connectivity index is 1.77. The molecule has 2 bridgehead atoms. The van der Waals surface area contributed by atoms with Crippen LogP contribution in [0.5, 0.6) is 0 Å². The fraction of sp³-hybridized carbons (Fsp3) is 0.900. The van der Waals surface area contributed by atoms with Crippen LogP contribution in [0.3, 0.4) is 0 Å². The average molecular weight is 288 g/mol. The number of aliphatic hydroxyl groups is 1. The first kappa shape index (κ1) is 14.3. The molecule has 4 rings (SSSR count). The van der Waals surface area contributed by atoms with Crippen molar-refractivity contribution < 1.29 is 5.11 Å². The number of allylic oxidation sites excluding steroid dienone is 1. The van der Waals surface area contributed by atoms with Crippen molar-refractivity contribution in [3.05, 3.63) is 11.6 Å². The van der Waals surface area contributed by atoms with Crippen molar-refractivity contribution in [3.63, 3.8) is 0 Å². The Labute approximate surface area is 130 Å². The van der Waals surface area contributed by atoms with Gasteiger partial charge in [-0.3, -0.25) is 0 Å².